The predicted octanol–water partition coefficient (Wildman–Crippen LogP) is 4.27. The van der Waals surface area contributed by atoms with Crippen LogP contribution in [0.5, 0.6) is 0 Å². The third kappa shape index (κ3) is 3.00. The summed E-state index contributed by atoms with van der Waals surface area (Å²) in [7, 11) is 0. The van der Waals surface area contributed by atoms with Crippen molar-refractivity contribution in [2.24, 2.45) is 0 Å². The summed E-state index contributed by atoms with van der Waals surface area (Å²) in [6.07, 6.45) is 1.16. The van der Waals surface area contributed by atoms with Crippen LogP contribution in [-0.2, 0) is 4.79 Å². The fourth-order valence-corrected chi connectivity index (χ4v) is 8.33. The summed E-state index contributed by atoms with van der Waals surface area (Å²) in [6, 6.07) is 29.2. The van der Waals surface area contributed by atoms with Crippen LogP contribution in [0.3, 0.4) is 0 Å². The fraction of sp³-hybridized carbons (Fsp3) is 0. The van der Waals surface area contributed by atoms with Crippen LogP contribution in [0.4, 0.5) is 0 Å². The standard InChI is InChI=1S/C21H18ClO2P/c22-25(17-16-21(23)24,18-10-4-1-5-11-18,19-12-6-2-7-13-19)20-14-8-3-9-15-20/h1-17H,(H,23,24)/b17-16+. The number of hydrogen-bond acceptors (Lipinski definition) is 1. The summed E-state index contributed by atoms with van der Waals surface area (Å²) in [6.45, 7) is 0. The van der Waals surface area contributed by atoms with Crippen LogP contribution in [-0.4, -0.2) is 11.1 Å². The number of halogens is 1. The van der Waals surface area contributed by atoms with Gasteiger partial charge in [-0.05, 0) is 0 Å². The molecule has 1 N–H and O–H groups in total. The van der Waals surface area contributed by atoms with Gasteiger partial charge in [-0.2, -0.15) is 0 Å². The van der Waals surface area contributed by atoms with Gasteiger partial charge < -0.3 is 0 Å². The van der Waals surface area contributed by atoms with Crippen molar-refractivity contribution in [1.29, 1.82) is 0 Å². The molecule has 0 amide bonds. The molecule has 0 heterocycles. The molecule has 126 valence electrons. The molecule has 0 radical (unpaired) electrons. The Labute approximate surface area is 152 Å². The van der Waals surface area contributed by atoms with Crippen LogP contribution in [0, 0.1) is 0 Å². The second kappa shape index (κ2) is 6.84. The zero-order valence-electron chi connectivity index (χ0n) is 13.5. The van der Waals surface area contributed by atoms with Gasteiger partial charge in [0.2, 0.25) is 0 Å². The van der Waals surface area contributed by atoms with Crippen LogP contribution >= 0.6 is 17.2 Å². The maximum absolute atomic E-state index is 11.4. The van der Waals surface area contributed by atoms with Crippen molar-refractivity contribution in [1.82, 2.24) is 0 Å². The van der Waals surface area contributed by atoms with Gasteiger partial charge in [0.1, 0.15) is 0 Å². The second-order valence-electron chi connectivity index (χ2n) is 5.73. The number of carboxylic acid groups (broad SMARTS) is 1. The molecular weight excluding hydrogens is 351 g/mol. The van der Waals surface area contributed by atoms with Gasteiger partial charge in [0.15, 0.2) is 0 Å². The van der Waals surface area contributed by atoms with Crippen molar-refractivity contribution in [2.45, 2.75) is 0 Å². The number of carboxylic acids is 1. The number of carbonyl (C=O) groups is 1. The van der Waals surface area contributed by atoms with Crippen molar-refractivity contribution in [2.75, 3.05) is 0 Å². The minimum atomic E-state index is -3.59. The van der Waals surface area contributed by atoms with E-state index >= 15 is 0 Å². The van der Waals surface area contributed by atoms with E-state index in [0.717, 1.165) is 22.0 Å². The minimum absolute atomic E-state index is 0.907. The first-order valence-corrected chi connectivity index (χ1v) is 11.1. The Morgan fingerprint density at radius 3 is 1.32 bits per heavy atom. The van der Waals surface area contributed by atoms with Gasteiger partial charge in [-0.1, -0.05) is 0 Å². The second-order valence-corrected chi connectivity index (χ2v) is 11.8. The number of hydrogen-bond donors (Lipinski definition) is 1. The maximum atomic E-state index is 11.4. The molecule has 0 atom stereocenters. The van der Waals surface area contributed by atoms with Crippen LogP contribution < -0.4 is 15.9 Å². The van der Waals surface area contributed by atoms with Gasteiger partial charge in [-0.15, -0.1) is 0 Å². The van der Waals surface area contributed by atoms with Gasteiger partial charge in [0.05, 0.1) is 0 Å². The molecular formula is C21H18ClO2P. The Morgan fingerprint density at radius 2 is 1.04 bits per heavy atom. The van der Waals surface area contributed by atoms with Crippen LogP contribution in [0.1, 0.15) is 0 Å². The van der Waals surface area contributed by atoms with E-state index < -0.39 is 11.9 Å². The average molecular weight is 369 g/mol. The Hall–Kier alpha value is -2.41. The molecule has 3 aromatic carbocycles. The van der Waals surface area contributed by atoms with Gasteiger partial charge in [0, 0.05) is 0 Å². The molecule has 2 nitrogen and oxygen atoms in total. The number of aliphatic carboxylic acids is 1. The monoisotopic (exact) mass is 368 g/mol. The van der Waals surface area contributed by atoms with Gasteiger partial charge in [0.25, 0.3) is 0 Å². The molecule has 0 aliphatic carbocycles. The summed E-state index contributed by atoms with van der Waals surface area (Å²) in [5, 5.41) is 12.0. The molecule has 0 aliphatic heterocycles. The SMILES string of the molecule is O=C(O)/C=C/P(Cl)(c1ccccc1)(c1ccccc1)c1ccccc1. The first-order chi connectivity index (χ1) is 12.1. The summed E-state index contributed by atoms with van der Waals surface area (Å²) < 4.78 is 0. The molecule has 0 saturated heterocycles. The van der Waals surface area contributed by atoms with Gasteiger partial charge >= 0.3 is 152 Å². The summed E-state index contributed by atoms with van der Waals surface area (Å²) in [5.74, 6) is -2.91. The van der Waals surface area contributed by atoms with E-state index in [4.69, 9.17) is 11.2 Å². The zero-order chi connectivity index (χ0) is 17.8. The molecule has 0 spiro atoms. The molecule has 0 bridgehead atoms. The van der Waals surface area contributed by atoms with Crippen LogP contribution in [0.2, 0.25) is 0 Å². The first kappa shape index (κ1) is 17.4. The number of benzene rings is 3. The fourth-order valence-electron chi connectivity index (χ4n) is 3.07. The van der Waals surface area contributed by atoms with Crippen LogP contribution in [0.15, 0.2) is 103 Å². The van der Waals surface area contributed by atoms with E-state index in [0.29, 0.717) is 0 Å². The first-order valence-electron chi connectivity index (χ1n) is 7.88. The Bertz CT molecular complexity index is 794. The quantitative estimate of drug-likeness (QED) is 0.539. The molecule has 4 heteroatoms. The third-order valence-corrected chi connectivity index (χ3v) is 11.0. The average Bonchev–Trinajstić information content (AvgIpc) is 2.68. The molecule has 0 saturated carbocycles. The topological polar surface area (TPSA) is 37.3 Å². The van der Waals surface area contributed by atoms with E-state index in [9.17, 15) is 9.90 Å². The summed E-state index contributed by atoms with van der Waals surface area (Å²) in [4.78, 5) is 11.4. The molecule has 3 aromatic rings. The normalized spacial score (nSPS) is 13.2. The van der Waals surface area contributed by atoms with Crippen molar-refractivity contribution in [3.8, 4) is 0 Å². The summed E-state index contributed by atoms with van der Waals surface area (Å²) >= 11 is 7.60. The van der Waals surface area contributed by atoms with E-state index in [1.165, 1.54) is 0 Å². The van der Waals surface area contributed by atoms with E-state index in [-0.39, 0.29) is 0 Å². The van der Waals surface area contributed by atoms with Gasteiger partial charge in [-0.25, -0.2) is 0 Å². The van der Waals surface area contributed by atoms with E-state index in [1.54, 1.807) is 5.82 Å². The Morgan fingerprint density at radius 1 is 0.720 bits per heavy atom. The molecule has 0 aliphatic rings. The van der Waals surface area contributed by atoms with Crippen molar-refractivity contribution < 1.29 is 9.90 Å². The molecule has 25 heavy (non-hydrogen) atoms. The molecule has 3 rings (SSSR count). The summed E-state index contributed by atoms with van der Waals surface area (Å²) in [5.41, 5.74) is 0. The molecule has 0 unspecified atom stereocenters. The van der Waals surface area contributed by atoms with E-state index in [1.807, 2.05) is 91.0 Å². The van der Waals surface area contributed by atoms with Crippen molar-refractivity contribution in [3.05, 3.63) is 103 Å². The zero-order valence-corrected chi connectivity index (χ0v) is 15.1. The molecule has 0 fully saturated rings. The third-order valence-electron chi connectivity index (χ3n) is 4.28. The van der Waals surface area contributed by atoms with E-state index in [2.05, 4.69) is 0 Å². The van der Waals surface area contributed by atoms with Crippen molar-refractivity contribution in [3.63, 3.8) is 0 Å². The predicted molar refractivity (Wildman–Crippen MR) is 108 cm³/mol. The van der Waals surface area contributed by atoms with Crippen molar-refractivity contribution >= 4 is 39.1 Å². The Balaban J connectivity index is 2.47. The van der Waals surface area contributed by atoms with Crippen LogP contribution in [0.25, 0.3) is 0 Å². The Kier molecular flexibility index (Phi) is 4.76. The number of rotatable bonds is 5. The van der Waals surface area contributed by atoms with Gasteiger partial charge in [-0.3, -0.25) is 0 Å². The molecule has 0 aromatic heterocycles.